The lowest BCUT2D eigenvalue weighted by molar-refractivity contribution is -0.137. The van der Waals surface area contributed by atoms with Gasteiger partial charge in [-0.2, -0.15) is 13.2 Å². The van der Waals surface area contributed by atoms with E-state index in [1.165, 1.54) is 0 Å². The molecule has 17 heavy (non-hydrogen) atoms. The molecule has 1 aliphatic rings. The molecule has 0 spiro atoms. The molecule has 6 heteroatoms. The molecule has 1 aromatic carbocycles. The van der Waals surface area contributed by atoms with Crippen LogP contribution in [0.1, 0.15) is 11.1 Å². The van der Waals surface area contributed by atoms with Gasteiger partial charge < -0.3 is 5.73 Å². The van der Waals surface area contributed by atoms with E-state index in [2.05, 4.69) is 0 Å². The summed E-state index contributed by atoms with van der Waals surface area (Å²) in [7, 11) is 0. The minimum absolute atomic E-state index is 0.0747. The fraction of sp³-hybridized carbons (Fsp3) is 0.455. The van der Waals surface area contributed by atoms with Crippen LogP contribution in [0.15, 0.2) is 18.2 Å². The lowest BCUT2D eigenvalue weighted by Gasteiger charge is -2.36. The molecule has 0 amide bonds. The maximum atomic E-state index is 13.1. The van der Waals surface area contributed by atoms with Gasteiger partial charge in [-0.25, -0.2) is 4.39 Å². The summed E-state index contributed by atoms with van der Waals surface area (Å²) in [4.78, 5) is 1.87. The average Bonchev–Trinajstić information content (AvgIpc) is 2.13. The van der Waals surface area contributed by atoms with E-state index in [9.17, 15) is 17.6 Å². The quantitative estimate of drug-likeness (QED) is 0.811. The summed E-state index contributed by atoms with van der Waals surface area (Å²) in [5.74, 6) is -0.861. The monoisotopic (exact) mass is 248 g/mol. The summed E-state index contributed by atoms with van der Waals surface area (Å²) in [6.07, 6.45) is -4.51. The van der Waals surface area contributed by atoms with Crippen molar-refractivity contribution in [3.8, 4) is 0 Å². The number of hydrogen-bond acceptors (Lipinski definition) is 2. The zero-order valence-corrected chi connectivity index (χ0v) is 8.97. The third kappa shape index (κ3) is 2.95. The van der Waals surface area contributed by atoms with Crippen LogP contribution in [-0.4, -0.2) is 24.0 Å². The molecule has 0 aromatic heterocycles. The molecule has 1 saturated heterocycles. The zero-order chi connectivity index (χ0) is 12.6. The second-order valence-electron chi connectivity index (χ2n) is 4.30. The van der Waals surface area contributed by atoms with E-state index in [4.69, 9.17) is 5.73 Å². The van der Waals surface area contributed by atoms with Gasteiger partial charge in [-0.05, 0) is 23.8 Å². The lowest BCUT2D eigenvalue weighted by Crippen LogP contribution is -2.54. The second kappa shape index (κ2) is 4.27. The van der Waals surface area contributed by atoms with E-state index in [0.29, 0.717) is 31.3 Å². The normalized spacial score (nSPS) is 18.2. The van der Waals surface area contributed by atoms with Gasteiger partial charge in [0, 0.05) is 25.7 Å². The highest BCUT2D eigenvalue weighted by Crippen LogP contribution is 2.30. The van der Waals surface area contributed by atoms with Crippen LogP contribution in [0, 0.1) is 5.82 Å². The van der Waals surface area contributed by atoms with Crippen LogP contribution in [-0.2, 0) is 12.7 Å². The molecule has 94 valence electrons. The Labute approximate surface area is 96.0 Å². The maximum absolute atomic E-state index is 13.1. The Morgan fingerprint density at radius 2 is 1.88 bits per heavy atom. The number of nitrogens with two attached hydrogens (primary N) is 1. The van der Waals surface area contributed by atoms with Gasteiger partial charge in [-0.15, -0.1) is 0 Å². The number of likely N-dealkylation sites (tertiary alicyclic amines) is 1. The van der Waals surface area contributed by atoms with E-state index < -0.39 is 17.6 Å². The van der Waals surface area contributed by atoms with Gasteiger partial charge in [0.05, 0.1) is 5.56 Å². The van der Waals surface area contributed by atoms with Crippen LogP contribution in [0.3, 0.4) is 0 Å². The highest BCUT2D eigenvalue weighted by Gasteiger charge is 2.32. The molecule has 1 aliphatic heterocycles. The van der Waals surface area contributed by atoms with E-state index in [1.807, 2.05) is 4.90 Å². The number of halogens is 4. The van der Waals surface area contributed by atoms with Crippen LogP contribution < -0.4 is 5.73 Å². The smallest absolute Gasteiger partial charge is 0.325 e. The highest BCUT2D eigenvalue weighted by molar-refractivity contribution is 5.27. The molecule has 0 bridgehead atoms. The van der Waals surface area contributed by atoms with E-state index >= 15 is 0 Å². The van der Waals surface area contributed by atoms with Crippen molar-refractivity contribution in [1.82, 2.24) is 4.90 Å². The van der Waals surface area contributed by atoms with Crippen molar-refractivity contribution in [1.29, 1.82) is 0 Å². The summed E-state index contributed by atoms with van der Waals surface area (Å²) in [6, 6.07) is 2.68. The van der Waals surface area contributed by atoms with Gasteiger partial charge >= 0.3 is 6.18 Å². The molecular weight excluding hydrogens is 236 g/mol. The van der Waals surface area contributed by atoms with Gasteiger partial charge in [-0.3, -0.25) is 4.90 Å². The minimum atomic E-state index is -4.51. The number of alkyl halides is 3. The number of hydrogen-bond donors (Lipinski definition) is 1. The number of benzene rings is 1. The number of rotatable bonds is 2. The summed E-state index contributed by atoms with van der Waals surface area (Å²) in [6.45, 7) is 1.57. The average molecular weight is 248 g/mol. The van der Waals surface area contributed by atoms with Crippen molar-refractivity contribution in [3.05, 3.63) is 35.1 Å². The van der Waals surface area contributed by atoms with Crippen LogP contribution in [0.2, 0.25) is 0 Å². The van der Waals surface area contributed by atoms with Crippen molar-refractivity contribution in [2.75, 3.05) is 13.1 Å². The van der Waals surface area contributed by atoms with Crippen LogP contribution in [0.5, 0.6) is 0 Å². The Kier molecular flexibility index (Phi) is 3.09. The van der Waals surface area contributed by atoms with Crippen LogP contribution in [0.25, 0.3) is 0 Å². The third-order valence-corrected chi connectivity index (χ3v) is 2.68. The molecule has 0 saturated carbocycles. The Bertz CT molecular complexity index is 410. The fourth-order valence-corrected chi connectivity index (χ4v) is 1.90. The first kappa shape index (κ1) is 12.3. The van der Waals surface area contributed by atoms with E-state index in [-0.39, 0.29) is 6.04 Å². The van der Waals surface area contributed by atoms with Gasteiger partial charge in [0.25, 0.3) is 0 Å². The molecule has 1 heterocycles. The van der Waals surface area contributed by atoms with Crippen molar-refractivity contribution in [2.24, 2.45) is 5.73 Å². The summed E-state index contributed by atoms with van der Waals surface area (Å²) in [5, 5.41) is 0. The fourth-order valence-electron chi connectivity index (χ4n) is 1.90. The maximum Gasteiger partial charge on any atom is 0.416 e. The predicted octanol–water partition coefficient (Wildman–Crippen LogP) is 1.99. The van der Waals surface area contributed by atoms with Gasteiger partial charge in [-0.1, -0.05) is 0 Å². The second-order valence-corrected chi connectivity index (χ2v) is 4.30. The van der Waals surface area contributed by atoms with Crippen LogP contribution in [0.4, 0.5) is 17.6 Å². The molecule has 1 aromatic rings. The predicted molar refractivity (Wildman–Crippen MR) is 54.7 cm³/mol. The molecule has 0 unspecified atom stereocenters. The summed E-state index contributed by atoms with van der Waals surface area (Å²) in [5.41, 5.74) is 4.93. The molecule has 2 nitrogen and oxygen atoms in total. The van der Waals surface area contributed by atoms with Crippen molar-refractivity contribution in [2.45, 2.75) is 18.8 Å². The first-order valence-electron chi connectivity index (χ1n) is 5.19. The molecule has 0 atom stereocenters. The lowest BCUT2D eigenvalue weighted by atomic mass is 10.1. The molecule has 0 aliphatic carbocycles. The molecule has 1 fully saturated rings. The summed E-state index contributed by atoms with van der Waals surface area (Å²) >= 11 is 0. The minimum Gasteiger partial charge on any atom is -0.325 e. The highest BCUT2D eigenvalue weighted by atomic mass is 19.4. The first-order valence-corrected chi connectivity index (χ1v) is 5.19. The van der Waals surface area contributed by atoms with E-state index in [0.717, 1.165) is 12.1 Å². The molecule has 2 rings (SSSR count). The van der Waals surface area contributed by atoms with Gasteiger partial charge in [0.2, 0.25) is 0 Å². The topological polar surface area (TPSA) is 29.3 Å². The van der Waals surface area contributed by atoms with Crippen molar-refractivity contribution < 1.29 is 17.6 Å². The third-order valence-electron chi connectivity index (χ3n) is 2.68. The van der Waals surface area contributed by atoms with Crippen molar-refractivity contribution >= 4 is 0 Å². The SMILES string of the molecule is NC1CN(Cc2cc(F)cc(C(F)(F)F)c2)C1. The number of nitrogens with zero attached hydrogens (tertiary/aromatic N) is 1. The van der Waals surface area contributed by atoms with Crippen LogP contribution >= 0.6 is 0 Å². The largest absolute Gasteiger partial charge is 0.416 e. The Hall–Kier alpha value is -1.14. The van der Waals surface area contributed by atoms with Gasteiger partial charge in [0.1, 0.15) is 5.82 Å². The molecule has 2 N–H and O–H groups in total. The molecular formula is C11H12F4N2. The Morgan fingerprint density at radius 1 is 1.24 bits per heavy atom. The standard InChI is InChI=1S/C11H12F4N2/c12-9-2-7(4-17-5-10(16)6-17)1-8(3-9)11(13,14)15/h1-3,10H,4-6,16H2. The van der Waals surface area contributed by atoms with Crippen molar-refractivity contribution in [3.63, 3.8) is 0 Å². The Morgan fingerprint density at radius 3 is 2.41 bits per heavy atom. The first-order chi connectivity index (χ1) is 7.84. The molecule has 0 radical (unpaired) electrons. The van der Waals surface area contributed by atoms with E-state index in [1.54, 1.807) is 0 Å². The van der Waals surface area contributed by atoms with Gasteiger partial charge in [0.15, 0.2) is 0 Å². The Balaban J connectivity index is 2.14. The summed E-state index contributed by atoms with van der Waals surface area (Å²) < 4.78 is 50.4. The zero-order valence-electron chi connectivity index (χ0n) is 8.97.